The Labute approximate surface area is 172 Å². The maximum atomic E-state index is 12.2. The molecule has 0 bridgehead atoms. The van der Waals surface area contributed by atoms with Gasteiger partial charge in [-0.2, -0.15) is 0 Å². The second-order valence-corrected chi connectivity index (χ2v) is 6.90. The fourth-order valence-corrected chi connectivity index (χ4v) is 3.25. The lowest BCUT2D eigenvalue weighted by Gasteiger charge is -2.18. The Balaban J connectivity index is 1.42. The monoisotopic (exact) mass is 408 g/mol. The molecule has 1 aromatic carbocycles. The lowest BCUT2D eigenvalue weighted by Crippen LogP contribution is -2.19. The third kappa shape index (κ3) is 4.37. The Bertz CT molecular complexity index is 1070. The second-order valence-electron chi connectivity index (χ2n) is 6.90. The number of nitro groups is 1. The molecule has 4 rings (SSSR count). The number of carbonyl (C=O) groups excluding carboxylic acids is 1. The first-order valence-electron chi connectivity index (χ1n) is 9.51. The molecule has 1 saturated heterocycles. The number of hydrogen-bond donors (Lipinski definition) is 2. The van der Waals surface area contributed by atoms with Crippen LogP contribution in [-0.4, -0.2) is 33.9 Å². The average Bonchev–Trinajstić information content (AvgIpc) is 3.41. The summed E-state index contributed by atoms with van der Waals surface area (Å²) in [4.78, 5) is 33.3. The highest BCUT2D eigenvalue weighted by molar-refractivity contribution is 6.02. The molecule has 30 heavy (non-hydrogen) atoms. The number of aryl methyl sites for hydroxylation is 1. The smallest absolute Gasteiger partial charge is 0.395 e. The number of hydrogen-bond acceptors (Lipinski definition) is 8. The van der Waals surface area contributed by atoms with E-state index in [0.29, 0.717) is 17.3 Å². The number of anilines is 4. The van der Waals surface area contributed by atoms with E-state index >= 15 is 0 Å². The van der Waals surface area contributed by atoms with Crippen molar-refractivity contribution in [2.24, 2.45) is 0 Å². The lowest BCUT2D eigenvalue weighted by molar-refractivity contribution is -0.402. The summed E-state index contributed by atoms with van der Waals surface area (Å²) in [5.74, 6) is 1.13. The van der Waals surface area contributed by atoms with Crippen molar-refractivity contribution in [3.63, 3.8) is 0 Å². The molecule has 0 spiro atoms. The summed E-state index contributed by atoms with van der Waals surface area (Å²) in [5.41, 5.74) is 1.33. The number of carbonyl (C=O) groups is 1. The number of amides is 1. The van der Waals surface area contributed by atoms with Gasteiger partial charge < -0.3 is 20.0 Å². The van der Waals surface area contributed by atoms with Crippen LogP contribution in [0.5, 0.6) is 0 Å². The average molecular weight is 408 g/mol. The van der Waals surface area contributed by atoms with Gasteiger partial charge in [0.25, 0.3) is 5.91 Å². The lowest BCUT2D eigenvalue weighted by atomic mass is 10.2. The van der Waals surface area contributed by atoms with E-state index in [9.17, 15) is 14.9 Å². The van der Waals surface area contributed by atoms with Crippen LogP contribution in [0.3, 0.4) is 0 Å². The van der Waals surface area contributed by atoms with Crippen LogP contribution in [0.15, 0.2) is 46.9 Å². The second kappa shape index (κ2) is 8.19. The topological polar surface area (TPSA) is 126 Å². The minimum atomic E-state index is -0.693. The number of aromatic nitrogens is 2. The zero-order valence-electron chi connectivity index (χ0n) is 16.3. The molecule has 10 heteroatoms. The largest absolute Gasteiger partial charge is 0.433 e. The van der Waals surface area contributed by atoms with E-state index in [1.54, 1.807) is 24.3 Å². The third-order valence-corrected chi connectivity index (χ3v) is 4.67. The molecule has 0 saturated carbocycles. The molecular formula is C20H20N6O4. The Morgan fingerprint density at radius 2 is 1.80 bits per heavy atom. The van der Waals surface area contributed by atoms with E-state index in [2.05, 4.69) is 25.5 Å². The molecule has 3 aromatic rings. The van der Waals surface area contributed by atoms with Crippen molar-refractivity contribution in [3.8, 4) is 0 Å². The highest BCUT2D eigenvalue weighted by Crippen LogP contribution is 2.24. The Hall–Kier alpha value is -3.95. The summed E-state index contributed by atoms with van der Waals surface area (Å²) in [6, 6.07) is 11.4. The number of rotatable bonds is 6. The summed E-state index contributed by atoms with van der Waals surface area (Å²) in [6.07, 6.45) is 2.34. The van der Waals surface area contributed by atoms with Crippen LogP contribution in [-0.2, 0) is 0 Å². The van der Waals surface area contributed by atoms with Gasteiger partial charge in [-0.05, 0) is 50.1 Å². The van der Waals surface area contributed by atoms with E-state index in [1.807, 2.05) is 13.0 Å². The van der Waals surface area contributed by atoms with Gasteiger partial charge in [-0.3, -0.25) is 14.9 Å². The van der Waals surface area contributed by atoms with Crippen LogP contribution < -0.4 is 15.5 Å². The zero-order valence-corrected chi connectivity index (χ0v) is 16.3. The minimum absolute atomic E-state index is 0.130. The van der Waals surface area contributed by atoms with Crippen molar-refractivity contribution in [2.45, 2.75) is 19.8 Å². The first-order valence-corrected chi connectivity index (χ1v) is 9.51. The standard InChI is InChI=1S/C20H20N6O4/c1-13-21-17(12-18(22-13)25-10-2-3-11-25)23-14-4-6-15(7-5-14)24-20(27)16-8-9-19(30-16)26(28)29/h4-9,12H,2-3,10-11H2,1H3,(H,24,27)(H,21,22,23). The van der Waals surface area contributed by atoms with Gasteiger partial charge >= 0.3 is 5.88 Å². The molecule has 1 aliphatic rings. The normalized spacial score (nSPS) is 13.3. The molecule has 0 atom stereocenters. The summed E-state index contributed by atoms with van der Waals surface area (Å²) in [5, 5.41) is 16.6. The number of benzene rings is 1. The molecule has 10 nitrogen and oxygen atoms in total. The molecular weight excluding hydrogens is 388 g/mol. The van der Waals surface area contributed by atoms with Crippen molar-refractivity contribution in [3.05, 3.63) is 64.2 Å². The molecule has 1 amide bonds. The number of furan rings is 1. The fraction of sp³-hybridized carbons (Fsp3) is 0.250. The van der Waals surface area contributed by atoms with Gasteiger partial charge in [-0.25, -0.2) is 9.97 Å². The molecule has 2 aromatic heterocycles. The first kappa shape index (κ1) is 19.4. The predicted octanol–water partition coefficient (Wildman–Crippen LogP) is 3.88. The van der Waals surface area contributed by atoms with E-state index < -0.39 is 16.7 Å². The van der Waals surface area contributed by atoms with Gasteiger partial charge in [0.2, 0.25) is 0 Å². The minimum Gasteiger partial charge on any atom is -0.395 e. The van der Waals surface area contributed by atoms with Gasteiger partial charge in [-0.1, -0.05) is 0 Å². The molecule has 1 aliphatic heterocycles. The maximum Gasteiger partial charge on any atom is 0.433 e. The molecule has 1 fully saturated rings. The van der Waals surface area contributed by atoms with Crippen LogP contribution in [0, 0.1) is 17.0 Å². The van der Waals surface area contributed by atoms with Crippen LogP contribution in [0.25, 0.3) is 0 Å². The maximum absolute atomic E-state index is 12.2. The summed E-state index contributed by atoms with van der Waals surface area (Å²) in [7, 11) is 0. The Morgan fingerprint density at radius 3 is 2.47 bits per heavy atom. The van der Waals surface area contributed by atoms with E-state index in [1.165, 1.54) is 18.9 Å². The van der Waals surface area contributed by atoms with Gasteiger partial charge in [0.05, 0.1) is 6.07 Å². The van der Waals surface area contributed by atoms with Gasteiger partial charge in [-0.15, -0.1) is 0 Å². The summed E-state index contributed by atoms with van der Waals surface area (Å²) >= 11 is 0. The van der Waals surface area contributed by atoms with Crippen molar-refractivity contribution in [2.75, 3.05) is 28.6 Å². The quantitative estimate of drug-likeness (QED) is 0.465. The number of nitrogens with one attached hydrogen (secondary N) is 2. The summed E-state index contributed by atoms with van der Waals surface area (Å²) in [6.45, 7) is 3.87. The summed E-state index contributed by atoms with van der Waals surface area (Å²) < 4.78 is 4.90. The van der Waals surface area contributed by atoms with E-state index in [0.717, 1.165) is 30.7 Å². The molecule has 154 valence electrons. The SMILES string of the molecule is Cc1nc(Nc2ccc(NC(=O)c3ccc([N+](=O)[O-])o3)cc2)cc(N2CCCC2)n1. The Morgan fingerprint density at radius 1 is 1.10 bits per heavy atom. The number of nitrogens with zero attached hydrogens (tertiary/aromatic N) is 4. The third-order valence-electron chi connectivity index (χ3n) is 4.67. The highest BCUT2D eigenvalue weighted by atomic mass is 16.6. The van der Waals surface area contributed by atoms with Crippen LogP contribution >= 0.6 is 0 Å². The molecule has 0 unspecified atom stereocenters. The van der Waals surface area contributed by atoms with Gasteiger partial charge in [0.15, 0.2) is 5.76 Å². The van der Waals surface area contributed by atoms with Crippen molar-refractivity contribution < 1.29 is 14.1 Å². The molecule has 2 N–H and O–H groups in total. The van der Waals surface area contributed by atoms with Crippen molar-refractivity contribution >= 4 is 34.8 Å². The molecule has 0 aliphatic carbocycles. The van der Waals surface area contributed by atoms with E-state index in [4.69, 9.17) is 4.42 Å². The Kier molecular flexibility index (Phi) is 5.29. The molecule has 3 heterocycles. The van der Waals surface area contributed by atoms with Crippen LogP contribution in [0.4, 0.5) is 28.9 Å². The van der Waals surface area contributed by atoms with Crippen molar-refractivity contribution in [1.29, 1.82) is 0 Å². The van der Waals surface area contributed by atoms with Crippen molar-refractivity contribution in [1.82, 2.24) is 9.97 Å². The van der Waals surface area contributed by atoms with Crippen LogP contribution in [0.2, 0.25) is 0 Å². The fourth-order valence-electron chi connectivity index (χ4n) is 3.25. The van der Waals surface area contributed by atoms with E-state index in [-0.39, 0.29) is 5.76 Å². The first-order chi connectivity index (χ1) is 14.5. The zero-order chi connectivity index (χ0) is 21.1. The molecule has 0 radical (unpaired) electrons. The highest BCUT2D eigenvalue weighted by Gasteiger charge is 2.18. The van der Waals surface area contributed by atoms with Gasteiger partial charge in [0.1, 0.15) is 22.4 Å². The van der Waals surface area contributed by atoms with Crippen LogP contribution in [0.1, 0.15) is 29.2 Å². The predicted molar refractivity (Wildman–Crippen MR) is 111 cm³/mol. The van der Waals surface area contributed by atoms with Gasteiger partial charge in [0, 0.05) is 30.5 Å².